The lowest BCUT2D eigenvalue weighted by molar-refractivity contribution is -0.151. The molecule has 0 saturated heterocycles. The van der Waals surface area contributed by atoms with Gasteiger partial charge in [0, 0.05) is 19.4 Å². The van der Waals surface area contributed by atoms with Crippen LogP contribution in [-0.4, -0.2) is 60.4 Å². The van der Waals surface area contributed by atoms with Crippen molar-refractivity contribution >= 4 is 11.9 Å². The quantitative estimate of drug-likeness (QED) is 0.0549. The standard InChI is InChI=1S/C39H77NO5/c1-5-9-12-14-16-21-29-37(28-20-15-13-10-6-2)45-39(43)31-23-18-25-33-40(34-35-41)32-24-17-22-30-38(42)44-36(26-8-4)27-19-11-7-3/h36-37,41H,5-35H2,1-4H3. The van der Waals surface area contributed by atoms with Gasteiger partial charge in [0.25, 0.3) is 0 Å². The van der Waals surface area contributed by atoms with Crippen molar-refractivity contribution in [2.45, 2.75) is 213 Å². The first-order valence-electron chi connectivity index (χ1n) is 19.7. The monoisotopic (exact) mass is 640 g/mol. The molecule has 2 atom stereocenters. The molecular weight excluding hydrogens is 562 g/mol. The van der Waals surface area contributed by atoms with Crippen LogP contribution in [0.15, 0.2) is 0 Å². The van der Waals surface area contributed by atoms with E-state index < -0.39 is 0 Å². The number of hydrogen-bond donors (Lipinski definition) is 1. The van der Waals surface area contributed by atoms with Gasteiger partial charge in [0.1, 0.15) is 12.2 Å². The van der Waals surface area contributed by atoms with Crippen molar-refractivity contribution in [3.05, 3.63) is 0 Å². The minimum absolute atomic E-state index is 0.0211. The van der Waals surface area contributed by atoms with E-state index in [9.17, 15) is 14.7 Å². The lowest BCUT2D eigenvalue weighted by Gasteiger charge is -2.21. The topological polar surface area (TPSA) is 76.1 Å². The number of nitrogens with zero attached hydrogens (tertiary/aromatic N) is 1. The average molecular weight is 640 g/mol. The summed E-state index contributed by atoms with van der Waals surface area (Å²) in [5.74, 6) is -0.0661. The summed E-state index contributed by atoms with van der Waals surface area (Å²) in [6, 6.07) is 0. The third-order valence-corrected chi connectivity index (χ3v) is 8.97. The van der Waals surface area contributed by atoms with Crippen LogP contribution in [-0.2, 0) is 19.1 Å². The lowest BCUT2D eigenvalue weighted by Crippen LogP contribution is -2.29. The maximum Gasteiger partial charge on any atom is 0.306 e. The van der Waals surface area contributed by atoms with Gasteiger partial charge < -0.3 is 19.5 Å². The van der Waals surface area contributed by atoms with Crippen LogP contribution in [0.1, 0.15) is 201 Å². The van der Waals surface area contributed by atoms with Crippen LogP contribution < -0.4 is 0 Å². The maximum atomic E-state index is 12.7. The van der Waals surface area contributed by atoms with Crippen LogP contribution >= 0.6 is 0 Å². The van der Waals surface area contributed by atoms with Crippen LogP contribution in [0, 0.1) is 0 Å². The Morgan fingerprint density at radius 2 is 0.844 bits per heavy atom. The van der Waals surface area contributed by atoms with Crippen molar-refractivity contribution in [1.29, 1.82) is 0 Å². The van der Waals surface area contributed by atoms with E-state index in [0.717, 1.165) is 96.6 Å². The molecule has 2 unspecified atom stereocenters. The van der Waals surface area contributed by atoms with E-state index in [1.165, 1.54) is 77.0 Å². The van der Waals surface area contributed by atoms with Crippen molar-refractivity contribution in [2.24, 2.45) is 0 Å². The molecule has 0 aromatic heterocycles. The Morgan fingerprint density at radius 1 is 0.467 bits per heavy atom. The molecule has 0 aliphatic carbocycles. The fraction of sp³-hybridized carbons (Fsp3) is 0.949. The van der Waals surface area contributed by atoms with Crippen molar-refractivity contribution in [3.8, 4) is 0 Å². The first-order valence-corrected chi connectivity index (χ1v) is 19.7. The molecule has 0 saturated carbocycles. The zero-order valence-electron chi connectivity index (χ0n) is 30.6. The molecule has 1 N–H and O–H groups in total. The number of carbonyl (C=O) groups is 2. The third kappa shape index (κ3) is 30.0. The molecule has 0 radical (unpaired) electrons. The summed E-state index contributed by atoms with van der Waals surface area (Å²) in [5.41, 5.74) is 0. The summed E-state index contributed by atoms with van der Waals surface area (Å²) < 4.78 is 11.7. The summed E-state index contributed by atoms with van der Waals surface area (Å²) >= 11 is 0. The van der Waals surface area contributed by atoms with Crippen molar-refractivity contribution < 1.29 is 24.2 Å². The molecule has 0 aromatic carbocycles. The molecule has 0 amide bonds. The molecule has 0 aliphatic heterocycles. The van der Waals surface area contributed by atoms with Gasteiger partial charge in [-0.05, 0) is 83.7 Å². The Bertz CT molecular complexity index is 643. The number of esters is 2. The number of rotatable bonds is 35. The molecule has 0 aliphatic rings. The second-order valence-corrected chi connectivity index (χ2v) is 13.5. The Hall–Kier alpha value is -1.14. The Balaban J connectivity index is 4.22. The Morgan fingerprint density at radius 3 is 1.29 bits per heavy atom. The van der Waals surface area contributed by atoms with Crippen LogP contribution in [0.3, 0.4) is 0 Å². The van der Waals surface area contributed by atoms with Crippen molar-refractivity contribution in [1.82, 2.24) is 4.90 Å². The second-order valence-electron chi connectivity index (χ2n) is 13.5. The van der Waals surface area contributed by atoms with Gasteiger partial charge in [-0.2, -0.15) is 0 Å². The molecule has 6 heteroatoms. The van der Waals surface area contributed by atoms with Crippen molar-refractivity contribution in [3.63, 3.8) is 0 Å². The molecule has 0 fully saturated rings. The van der Waals surface area contributed by atoms with Crippen LogP contribution in [0.5, 0.6) is 0 Å². The highest BCUT2D eigenvalue weighted by Crippen LogP contribution is 2.18. The maximum absolute atomic E-state index is 12.7. The van der Waals surface area contributed by atoms with Crippen LogP contribution in [0.4, 0.5) is 0 Å². The fourth-order valence-corrected chi connectivity index (χ4v) is 6.13. The second kappa shape index (κ2) is 34.2. The molecule has 268 valence electrons. The summed E-state index contributed by atoms with van der Waals surface area (Å²) in [4.78, 5) is 27.3. The molecule has 0 aromatic rings. The zero-order chi connectivity index (χ0) is 33.2. The SMILES string of the molecule is CCCCCCCCC(CCCCCCC)OC(=O)CCCCCN(CCO)CCCCCC(=O)OC(CCC)CCCCC. The Labute approximate surface area is 280 Å². The van der Waals surface area contributed by atoms with Crippen LogP contribution in [0.25, 0.3) is 0 Å². The molecule has 0 spiro atoms. The molecule has 0 heterocycles. The zero-order valence-corrected chi connectivity index (χ0v) is 30.6. The summed E-state index contributed by atoms with van der Waals surface area (Å²) in [7, 11) is 0. The van der Waals surface area contributed by atoms with Gasteiger partial charge in [0.2, 0.25) is 0 Å². The largest absolute Gasteiger partial charge is 0.462 e. The van der Waals surface area contributed by atoms with Gasteiger partial charge in [-0.25, -0.2) is 0 Å². The lowest BCUT2D eigenvalue weighted by atomic mass is 10.0. The first kappa shape index (κ1) is 43.9. The van der Waals surface area contributed by atoms with E-state index in [0.29, 0.717) is 19.4 Å². The summed E-state index contributed by atoms with van der Waals surface area (Å²) in [6.07, 6.45) is 29.4. The normalized spacial score (nSPS) is 12.8. The van der Waals surface area contributed by atoms with E-state index in [1.807, 2.05) is 0 Å². The molecular formula is C39H77NO5. The van der Waals surface area contributed by atoms with Gasteiger partial charge in [-0.1, -0.05) is 118 Å². The van der Waals surface area contributed by atoms with E-state index in [-0.39, 0.29) is 30.8 Å². The van der Waals surface area contributed by atoms with Gasteiger partial charge in [0.05, 0.1) is 6.61 Å². The number of ether oxygens (including phenoxy) is 2. The highest BCUT2D eigenvalue weighted by Gasteiger charge is 2.15. The first-order chi connectivity index (χ1) is 22.0. The third-order valence-electron chi connectivity index (χ3n) is 8.97. The number of carbonyl (C=O) groups excluding carboxylic acids is 2. The van der Waals surface area contributed by atoms with Gasteiger partial charge in [-0.3, -0.25) is 9.59 Å². The van der Waals surface area contributed by atoms with Crippen LogP contribution in [0.2, 0.25) is 0 Å². The number of aliphatic hydroxyl groups is 1. The van der Waals surface area contributed by atoms with E-state index in [2.05, 4.69) is 32.6 Å². The van der Waals surface area contributed by atoms with Gasteiger partial charge in [0.15, 0.2) is 0 Å². The van der Waals surface area contributed by atoms with Gasteiger partial charge >= 0.3 is 11.9 Å². The molecule has 45 heavy (non-hydrogen) atoms. The minimum atomic E-state index is -0.0450. The number of aliphatic hydroxyl groups excluding tert-OH is 1. The number of unbranched alkanes of at least 4 members (excludes halogenated alkanes) is 15. The molecule has 0 rings (SSSR count). The highest BCUT2D eigenvalue weighted by atomic mass is 16.5. The van der Waals surface area contributed by atoms with Gasteiger partial charge in [-0.15, -0.1) is 0 Å². The molecule has 6 nitrogen and oxygen atoms in total. The van der Waals surface area contributed by atoms with Crippen molar-refractivity contribution in [2.75, 3.05) is 26.2 Å². The molecule has 0 bridgehead atoms. The average Bonchev–Trinajstić information content (AvgIpc) is 3.02. The predicted octanol–water partition coefficient (Wildman–Crippen LogP) is 10.7. The summed E-state index contributed by atoms with van der Waals surface area (Å²) in [5, 5.41) is 9.53. The number of hydrogen-bond acceptors (Lipinski definition) is 6. The van der Waals surface area contributed by atoms with E-state index >= 15 is 0 Å². The smallest absolute Gasteiger partial charge is 0.306 e. The highest BCUT2D eigenvalue weighted by molar-refractivity contribution is 5.69. The fourth-order valence-electron chi connectivity index (χ4n) is 6.13. The van der Waals surface area contributed by atoms with E-state index in [4.69, 9.17) is 9.47 Å². The summed E-state index contributed by atoms with van der Waals surface area (Å²) in [6.45, 7) is 11.6. The minimum Gasteiger partial charge on any atom is -0.462 e. The van der Waals surface area contributed by atoms with E-state index in [1.54, 1.807) is 0 Å². The predicted molar refractivity (Wildman–Crippen MR) is 191 cm³/mol. The Kier molecular flexibility index (Phi) is 33.3.